The van der Waals surface area contributed by atoms with Gasteiger partial charge in [-0.3, -0.25) is 10.0 Å². The van der Waals surface area contributed by atoms with Crippen LogP contribution in [0.3, 0.4) is 0 Å². The lowest BCUT2D eigenvalue weighted by atomic mass is 10.2. The van der Waals surface area contributed by atoms with E-state index in [-0.39, 0.29) is 0 Å². The van der Waals surface area contributed by atoms with Crippen LogP contribution < -0.4 is 10.7 Å². The minimum absolute atomic E-state index is 0.381. The van der Waals surface area contributed by atoms with Crippen LogP contribution in [0, 0.1) is 0 Å². The molecule has 0 radical (unpaired) electrons. The Kier molecular flexibility index (Phi) is 10.2. The molecule has 0 aliphatic carbocycles. The molecular weight excluding hydrogens is 274 g/mol. The maximum atomic E-state index is 4.90. The van der Waals surface area contributed by atoms with Gasteiger partial charge in [0.15, 0.2) is 0 Å². The molecule has 22 heavy (non-hydrogen) atoms. The van der Waals surface area contributed by atoms with E-state index in [1.54, 1.807) is 0 Å². The highest BCUT2D eigenvalue weighted by Crippen LogP contribution is 2.21. The number of rotatable bonds is 13. The second kappa shape index (κ2) is 11.7. The summed E-state index contributed by atoms with van der Waals surface area (Å²) >= 11 is 0. The SMILES string of the molecule is CCCCNCNN1C(CCC)=NN(CCCC)C1CCC. The van der Waals surface area contributed by atoms with Crippen LogP contribution in [0.15, 0.2) is 5.10 Å². The van der Waals surface area contributed by atoms with E-state index in [0.29, 0.717) is 6.17 Å². The lowest BCUT2D eigenvalue weighted by Gasteiger charge is -2.32. The summed E-state index contributed by atoms with van der Waals surface area (Å²) in [6, 6.07) is 0. The predicted octanol–water partition coefficient (Wildman–Crippen LogP) is 3.50. The monoisotopic (exact) mass is 311 g/mol. The first-order valence-corrected chi connectivity index (χ1v) is 9.35. The fraction of sp³-hybridized carbons (Fsp3) is 0.941. The lowest BCUT2D eigenvalue weighted by Crippen LogP contribution is -2.52. The van der Waals surface area contributed by atoms with Crippen LogP contribution in [0.1, 0.15) is 79.1 Å². The Morgan fingerprint density at radius 2 is 1.77 bits per heavy atom. The van der Waals surface area contributed by atoms with Crippen molar-refractivity contribution in [2.45, 2.75) is 85.2 Å². The van der Waals surface area contributed by atoms with E-state index in [0.717, 1.165) is 39.0 Å². The second-order valence-corrected chi connectivity index (χ2v) is 6.11. The number of nitrogens with zero attached hydrogens (tertiary/aromatic N) is 3. The number of hydrogen-bond acceptors (Lipinski definition) is 5. The van der Waals surface area contributed by atoms with Gasteiger partial charge in [0.05, 0.1) is 6.67 Å². The van der Waals surface area contributed by atoms with Gasteiger partial charge in [0.1, 0.15) is 12.0 Å². The van der Waals surface area contributed by atoms with Crippen LogP contribution in [0.5, 0.6) is 0 Å². The highest BCUT2D eigenvalue weighted by atomic mass is 15.7. The topological polar surface area (TPSA) is 42.9 Å². The molecule has 1 atom stereocenters. The van der Waals surface area contributed by atoms with Gasteiger partial charge in [-0.05, 0) is 32.2 Å². The molecule has 0 saturated heterocycles. The Morgan fingerprint density at radius 1 is 1.00 bits per heavy atom. The van der Waals surface area contributed by atoms with Crippen LogP contribution in [-0.4, -0.2) is 41.8 Å². The van der Waals surface area contributed by atoms with E-state index >= 15 is 0 Å². The molecule has 1 rings (SSSR count). The maximum absolute atomic E-state index is 4.90. The van der Waals surface area contributed by atoms with Crippen LogP contribution >= 0.6 is 0 Å². The molecule has 1 heterocycles. The fourth-order valence-electron chi connectivity index (χ4n) is 2.75. The number of hydrogen-bond donors (Lipinski definition) is 2. The van der Waals surface area contributed by atoms with Crippen molar-refractivity contribution in [3.8, 4) is 0 Å². The Hall–Kier alpha value is -0.810. The van der Waals surface area contributed by atoms with Gasteiger partial charge in [-0.25, -0.2) is 5.43 Å². The van der Waals surface area contributed by atoms with Gasteiger partial charge in [0.2, 0.25) is 0 Å². The quantitative estimate of drug-likeness (QED) is 0.403. The Balaban J connectivity index is 2.59. The van der Waals surface area contributed by atoms with E-state index in [2.05, 4.69) is 48.5 Å². The van der Waals surface area contributed by atoms with Gasteiger partial charge in [-0.1, -0.05) is 47.0 Å². The molecule has 2 N–H and O–H groups in total. The normalized spacial score (nSPS) is 18.2. The fourth-order valence-corrected chi connectivity index (χ4v) is 2.75. The van der Waals surface area contributed by atoms with Crippen molar-refractivity contribution in [3.63, 3.8) is 0 Å². The first-order valence-electron chi connectivity index (χ1n) is 9.35. The van der Waals surface area contributed by atoms with Crippen LogP contribution in [0.2, 0.25) is 0 Å². The molecule has 0 bridgehead atoms. The van der Waals surface area contributed by atoms with E-state index in [1.165, 1.54) is 37.9 Å². The molecule has 5 nitrogen and oxygen atoms in total. The van der Waals surface area contributed by atoms with Crippen molar-refractivity contribution in [3.05, 3.63) is 0 Å². The molecule has 0 amide bonds. The molecular formula is C17H37N5. The van der Waals surface area contributed by atoms with Crippen molar-refractivity contribution in [1.82, 2.24) is 20.8 Å². The summed E-state index contributed by atoms with van der Waals surface area (Å²) in [6.07, 6.45) is 9.82. The molecule has 0 saturated carbocycles. The zero-order valence-corrected chi connectivity index (χ0v) is 15.2. The van der Waals surface area contributed by atoms with Gasteiger partial charge >= 0.3 is 0 Å². The number of amidine groups is 1. The van der Waals surface area contributed by atoms with E-state index in [4.69, 9.17) is 5.10 Å². The minimum atomic E-state index is 0.381. The zero-order valence-electron chi connectivity index (χ0n) is 15.2. The summed E-state index contributed by atoms with van der Waals surface area (Å²) in [6.45, 7) is 11.9. The van der Waals surface area contributed by atoms with Crippen LogP contribution in [0.25, 0.3) is 0 Å². The summed E-state index contributed by atoms with van der Waals surface area (Å²) in [5, 5.41) is 13.0. The third kappa shape index (κ3) is 6.13. The molecule has 0 spiro atoms. The third-order valence-electron chi connectivity index (χ3n) is 4.01. The van der Waals surface area contributed by atoms with E-state index in [9.17, 15) is 0 Å². The largest absolute Gasteiger partial charge is 0.303 e. The minimum Gasteiger partial charge on any atom is -0.303 e. The van der Waals surface area contributed by atoms with Gasteiger partial charge < -0.3 is 5.32 Å². The van der Waals surface area contributed by atoms with E-state index in [1.807, 2.05) is 0 Å². The first kappa shape index (κ1) is 19.2. The Morgan fingerprint density at radius 3 is 2.41 bits per heavy atom. The average molecular weight is 312 g/mol. The Bertz CT molecular complexity index is 305. The first-order chi connectivity index (χ1) is 10.8. The Labute approximate surface area is 137 Å². The average Bonchev–Trinajstić information content (AvgIpc) is 2.83. The van der Waals surface area contributed by atoms with E-state index < -0.39 is 0 Å². The summed E-state index contributed by atoms with van der Waals surface area (Å²) in [4.78, 5) is 0. The highest BCUT2D eigenvalue weighted by Gasteiger charge is 2.32. The van der Waals surface area contributed by atoms with Gasteiger partial charge in [0.25, 0.3) is 0 Å². The molecule has 0 aromatic rings. The number of unbranched alkanes of at least 4 members (excludes halogenated alkanes) is 2. The second-order valence-electron chi connectivity index (χ2n) is 6.11. The molecule has 0 fully saturated rings. The van der Waals surface area contributed by atoms with Crippen molar-refractivity contribution >= 4 is 5.84 Å². The molecule has 1 unspecified atom stereocenters. The molecule has 5 heteroatoms. The smallest absolute Gasteiger partial charge is 0.141 e. The molecule has 130 valence electrons. The summed E-state index contributed by atoms with van der Waals surface area (Å²) in [7, 11) is 0. The maximum Gasteiger partial charge on any atom is 0.141 e. The number of hydrazone groups is 1. The number of nitrogens with one attached hydrogen (secondary N) is 2. The van der Waals surface area contributed by atoms with Gasteiger partial charge in [-0.15, -0.1) is 0 Å². The van der Waals surface area contributed by atoms with Crippen molar-refractivity contribution in [1.29, 1.82) is 0 Å². The summed E-state index contributed by atoms with van der Waals surface area (Å²) in [5.41, 5.74) is 3.57. The summed E-state index contributed by atoms with van der Waals surface area (Å²) < 4.78 is 0. The number of hydrazine groups is 1. The molecule has 1 aliphatic heterocycles. The standard InChI is InChI=1S/C17H37N5/c1-5-9-13-18-15-19-22-16(11-7-3)20-21(14-10-6-2)17(22)12-8-4/h17-19H,5-15H2,1-4H3. The van der Waals surface area contributed by atoms with Gasteiger partial charge in [-0.2, -0.15) is 5.10 Å². The molecule has 0 aromatic carbocycles. The third-order valence-corrected chi connectivity index (χ3v) is 4.01. The van der Waals surface area contributed by atoms with Crippen LogP contribution in [0.4, 0.5) is 0 Å². The molecule has 0 aromatic heterocycles. The van der Waals surface area contributed by atoms with Crippen molar-refractivity contribution in [2.75, 3.05) is 19.8 Å². The zero-order chi connectivity index (χ0) is 16.2. The van der Waals surface area contributed by atoms with Gasteiger partial charge in [0, 0.05) is 13.0 Å². The predicted molar refractivity (Wildman–Crippen MR) is 95.4 cm³/mol. The van der Waals surface area contributed by atoms with Crippen molar-refractivity contribution in [2.24, 2.45) is 5.10 Å². The molecule has 1 aliphatic rings. The van der Waals surface area contributed by atoms with Crippen molar-refractivity contribution < 1.29 is 0 Å². The highest BCUT2D eigenvalue weighted by molar-refractivity contribution is 5.83. The lowest BCUT2D eigenvalue weighted by molar-refractivity contribution is 0.0838. The summed E-state index contributed by atoms with van der Waals surface area (Å²) in [5.74, 6) is 1.20. The van der Waals surface area contributed by atoms with Crippen LogP contribution in [-0.2, 0) is 0 Å².